The van der Waals surface area contributed by atoms with Crippen molar-refractivity contribution in [1.29, 1.82) is 0 Å². The molecular weight excluding hydrogens is 214 g/mol. The van der Waals surface area contributed by atoms with Gasteiger partial charge in [-0.1, -0.05) is 30.3 Å². The van der Waals surface area contributed by atoms with E-state index in [4.69, 9.17) is 4.74 Å². The van der Waals surface area contributed by atoms with Gasteiger partial charge in [0, 0.05) is 5.70 Å². The van der Waals surface area contributed by atoms with Crippen molar-refractivity contribution in [2.45, 2.75) is 33.3 Å². The summed E-state index contributed by atoms with van der Waals surface area (Å²) in [5.41, 5.74) is 1.32. The van der Waals surface area contributed by atoms with Gasteiger partial charge in [-0.25, -0.2) is 4.79 Å². The number of hydrogen-bond acceptors (Lipinski definition) is 2. The van der Waals surface area contributed by atoms with Crippen molar-refractivity contribution in [3.05, 3.63) is 41.6 Å². The Morgan fingerprint density at radius 3 is 2.35 bits per heavy atom. The lowest BCUT2D eigenvalue weighted by atomic mass is 10.2. The van der Waals surface area contributed by atoms with Crippen molar-refractivity contribution in [3.8, 4) is 0 Å². The Hall–Kier alpha value is -1.77. The summed E-state index contributed by atoms with van der Waals surface area (Å²) in [5, 5.41) is 2.68. The lowest BCUT2D eigenvalue weighted by molar-refractivity contribution is 0.0547. The Labute approximate surface area is 102 Å². The molecule has 0 heterocycles. The molecule has 0 unspecified atom stereocenters. The number of carbonyl (C=O) groups is 1. The fourth-order valence-corrected chi connectivity index (χ4v) is 1.30. The summed E-state index contributed by atoms with van der Waals surface area (Å²) in [4.78, 5) is 11.5. The molecule has 1 amide bonds. The number of benzene rings is 1. The smallest absolute Gasteiger partial charge is 0.411 e. The van der Waals surface area contributed by atoms with Crippen LogP contribution in [0, 0.1) is 0 Å². The maximum absolute atomic E-state index is 11.5. The second-order valence-electron chi connectivity index (χ2n) is 4.86. The first-order valence-electron chi connectivity index (χ1n) is 5.60. The molecule has 1 N–H and O–H groups in total. The van der Waals surface area contributed by atoms with Gasteiger partial charge >= 0.3 is 6.09 Å². The SMILES string of the molecule is C/C(=C\c1ccccc1)NC(=O)OC(C)(C)C. The Bertz CT molecular complexity index is 402. The highest BCUT2D eigenvalue weighted by molar-refractivity contribution is 5.71. The first-order chi connectivity index (χ1) is 7.87. The molecule has 0 saturated carbocycles. The molecular formula is C14H19NO2. The minimum Gasteiger partial charge on any atom is -0.444 e. The normalized spacial score (nSPS) is 12.1. The quantitative estimate of drug-likeness (QED) is 0.848. The van der Waals surface area contributed by atoms with Crippen LogP contribution in [0.15, 0.2) is 36.0 Å². The number of ether oxygens (including phenoxy) is 1. The molecule has 0 spiro atoms. The van der Waals surface area contributed by atoms with Gasteiger partial charge in [-0.15, -0.1) is 0 Å². The van der Waals surface area contributed by atoms with Gasteiger partial charge in [0.2, 0.25) is 0 Å². The molecule has 3 heteroatoms. The van der Waals surface area contributed by atoms with Crippen LogP contribution in [0.25, 0.3) is 6.08 Å². The number of carbonyl (C=O) groups excluding carboxylic acids is 1. The van der Waals surface area contributed by atoms with Crippen LogP contribution in [-0.2, 0) is 4.74 Å². The largest absolute Gasteiger partial charge is 0.444 e. The molecule has 1 aromatic rings. The third-order valence-electron chi connectivity index (χ3n) is 1.88. The van der Waals surface area contributed by atoms with E-state index in [-0.39, 0.29) is 0 Å². The van der Waals surface area contributed by atoms with E-state index in [1.807, 2.05) is 64.1 Å². The molecule has 0 fully saturated rings. The van der Waals surface area contributed by atoms with Gasteiger partial charge in [0.05, 0.1) is 0 Å². The maximum atomic E-state index is 11.5. The first-order valence-corrected chi connectivity index (χ1v) is 5.60. The molecule has 0 aliphatic rings. The van der Waals surface area contributed by atoms with E-state index in [1.54, 1.807) is 0 Å². The van der Waals surface area contributed by atoms with E-state index >= 15 is 0 Å². The molecule has 0 bridgehead atoms. The van der Waals surface area contributed by atoms with Gasteiger partial charge < -0.3 is 4.74 Å². The van der Waals surface area contributed by atoms with Gasteiger partial charge in [0.25, 0.3) is 0 Å². The standard InChI is InChI=1S/C14H19NO2/c1-11(10-12-8-6-5-7-9-12)15-13(16)17-14(2,3)4/h5-10H,1-4H3,(H,15,16)/b11-10+. The summed E-state index contributed by atoms with van der Waals surface area (Å²) < 4.78 is 5.16. The van der Waals surface area contributed by atoms with E-state index < -0.39 is 11.7 Å². The van der Waals surface area contributed by atoms with Crippen molar-refractivity contribution in [1.82, 2.24) is 5.32 Å². The van der Waals surface area contributed by atoms with Crippen LogP contribution in [-0.4, -0.2) is 11.7 Å². The van der Waals surface area contributed by atoms with E-state index in [1.165, 1.54) is 0 Å². The molecule has 0 saturated heterocycles. The maximum Gasteiger partial charge on any atom is 0.411 e. The predicted octanol–water partition coefficient (Wildman–Crippen LogP) is 3.57. The Morgan fingerprint density at radius 1 is 1.24 bits per heavy atom. The molecule has 0 atom stereocenters. The molecule has 0 radical (unpaired) electrons. The summed E-state index contributed by atoms with van der Waals surface area (Å²) >= 11 is 0. The van der Waals surface area contributed by atoms with Crippen molar-refractivity contribution in [3.63, 3.8) is 0 Å². The second kappa shape index (κ2) is 5.53. The third-order valence-corrected chi connectivity index (χ3v) is 1.88. The van der Waals surface area contributed by atoms with Crippen LogP contribution >= 0.6 is 0 Å². The van der Waals surface area contributed by atoms with Crippen LogP contribution in [0.1, 0.15) is 33.3 Å². The van der Waals surface area contributed by atoms with E-state index in [2.05, 4.69) is 5.32 Å². The Morgan fingerprint density at radius 2 is 1.82 bits per heavy atom. The van der Waals surface area contributed by atoms with Crippen LogP contribution in [0.3, 0.4) is 0 Å². The van der Waals surface area contributed by atoms with Gasteiger partial charge in [-0.05, 0) is 39.3 Å². The highest BCUT2D eigenvalue weighted by Crippen LogP contribution is 2.08. The van der Waals surface area contributed by atoms with Crippen molar-refractivity contribution in [2.75, 3.05) is 0 Å². The molecule has 17 heavy (non-hydrogen) atoms. The highest BCUT2D eigenvalue weighted by Gasteiger charge is 2.15. The fourth-order valence-electron chi connectivity index (χ4n) is 1.30. The third kappa shape index (κ3) is 5.76. The monoisotopic (exact) mass is 233 g/mol. The van der Waals surface area contributed by atoms with Crippen molar-refractivity contribution in [2.24, 2.45) is 0 Å². The number of nitrogens with one attached hydrogen (secondary N) is 1. The van der Waals surface area contributed by atoms with Crippen LogP contribution in [0.5, 0.6) is 0 Å². The van der Waals surface area contributed by atoms with Gasteiger partial charge in [-0.2, -0.15) is 0 Å². The molecule has 3 nitrogen and oxygen atoms in total. The summed E-state index contributed by atoms with van der Waals surface area (Å²) in [6.45, 7) is 7.34. The molecule has 1 rings (SSSR count). The predicted molar refractivity (Wildman–Crippen MR) is 69.5 cm³/mol. The van der Waals surface area contributed by atoms with Crippen LogP contribution in [0.2, 0.25) is 0 Å². The number of amides is 1. The van der Waals surface area contributed by atoms with Crippen molar-refractivity contribution < 1.29 is 9.53 Å². The van der Waals surface area contributed by atoms with E-state index in [0.29, 0.717) is 0 Å². The minimum absolute atomic E-state index is 0.429. The van der Waals surface area contributed by atoms with E-state index in [9.17, 15) is 4.79 Å². The first kappa shape index (κ1) is 13.3. The van der Waals surface area contributed by atoms with Gasteiger partial charge in [0.1, 0.15) is 5.60 Å². The lowest BCUT2D eigenvalue weighted by Crippen LogP contribution is -2.31. The second-order valence-corrected chi connectivity index (χ2v) is 4.86. The van der Waals surface area contributed by atoms with Crippen molar-refractivity contribution >= 4 is 12.2 Å². The zero-order valence-corrected chi connectivity index (χ0v) is 10.8. The topological polar surface area (TPSA) is 38.3 Å². The average Bonchev–Trinajstić information content (AvgIpc) is 2.15. The zero-order valence-electron chi connectivity index (χ0n) is 10.8. The van der Waals surface area contributed by atoms with Gasteiger partial charge in [0.15, 0.2) is 0 Å². The van der Waals surface area contributed by atoms with E-state index in [0.717, 1.165) is 11.3 Å². The van der Waals surface area contributed by atoms with Crippen LogP contribution < -0.4 is 5.32 Å². The van der Waals surface area contributed by atoms with Crippen LogP contribution in [0.4, 0.5) is 4.79 Å². The highest BCUT2D eigenvalue weighted by atomic mass is 16.6. The number of alkyl carbamates (subject to hydrolysis) is 1. The number of hydrogen-bond donors (Lipinski definition) is 1. The summed E-state index contributed by atoms with van der Waals surface area (Å²) in [6.07, 6.45) is 1.46. The summed E-state index contributed by atoms with van der Waals surface area (Å²) in [7, 11) is 0. The molecule has 0 aliphatic carbocycles. The number of rotatable bonds is 2. The summed E-state index contributed by atoms with van der Waals surface area (Å²) in [5.74, 6) is 0. The minimum atomic E-state index is -0.475. The molecule has 0 aliphatic heterocycles. The number of allylic oxidation sites excluding steroid dienone is 1. The van der Waals surface area contributed by atoms with Gasteiger partial charge in [-0.3, -0.25) is 5.32 Å². The fraction of sp³-hybridized carbons (Fsp3) is 0.357. The molecule has 1 aromatic carbocycles. The lowest BCUT2D eigenvalue weighted by Gasteiger charge is -2.19. The zero-order chi connectivity index (χ0) is 12.9. The Balaban J connectivity index is 2.58. The molecule has 92 valence electrons. The summed E-state index contributed by atoms with van der Waals surface area (Å²) in [6, 6.07) is 9.80. The average molecular weight is 233 g/mol. The Kier molecular flexibility index (Phi) is 4.32. The molecule has 0 aromatic heterocycles.